The summed E-state index contributed by atoms with van der Waals surface area (Å²) >= 11 is 0. The van der Waals surface area contributed by atoms with Crippen molar-refractivity contribution >= 4 is 23.0 Å². The number of nitrogens with one attached hydrogen (secondary N) is 1. The van der Waals surface area contributed by atoms with Crippen LogP contribution in [0.25, 0.3) is 11.3 Å². The van der Waals surface area contributed by atoms with Gasteiger partial charge in [-0.1, -0.05) is 6.07 Å². The molecule has 0 atom stereocenters. The van der Waals surface area contributed by atoms with Crippen molar-refractivity contribution in [3.8, 4) is 0 Å². The van der Waals surface area contributed by atoms with Crippen molar-refractivity contribution in [2.45, 2.75) is 20.4 Å². The molecule has 3 N–H and O–H groups in total. The average molecular weight is 398 g/mol. The van der Waals surface area contributed by atoms with Gasteiger partial charge in [0, 0.05) is 35.4 Å². The van der Waals surface area contributed by atoms with Crippen molar-refractivity contribution in [2.24, 2.45) is 10.7 Å². The van der Waals surface area contributed by atoms with Crippen LogP contribution in [0.3, 0.4) is 0 Å². The summed E-state index contributed by atoms with van der Waals surface area (Å²) in [5.41, 5.74) is 11.6. The van der Waals surface area contributed by atoms with Crippen LogP contribution in [0.15, 0.2) is 72.3 Å². The average Bonchev–Trinajstić information content (AvgIpc) is 3.20. The third-order valence-corrected chi connectivity index (χ3v) is 4.44. The first-order valence-electron chi connectivity index (χ1n) is 9.50. The molecule has 0 radical (unpaired) electrons. The number of hydrogen-bond donors (Lipinski definition) is 2. The van der Waals surface area contributed by atoms with E-state index in [4.69, 9.17) is 5.73 Å². The van der Waals surface area contributed by atoms with Crippen molar-refractivity contribution in [1.29, 1.82) is 0 Å². The summed E-state index contributed by atoms with van der Waals surface area (Å²) in [7, 11) is 0. The van der Waals surface area contributed by atoms with Crippen LogP contribution in [-0.4, -0.2) is 30.4 Å². The topological polar surface area (TPSA) is 106 Å². The Balaban J connectivity index is 1.66. The number of amidine groups is 1. The van der Waals surface area contributed by atoms with Gasteiger partial charge in [-0.15, -0.1) is 0 Å². The lowest BCUT2D eigenvalue weighted by atomic mass is 10.1. The molecule has 0 amide bonds. The number of anilines is 1. The number of aryl methyl sites for hydroxylation is 2. The summed E-state index contributed by atoms with van der Waals surface area (Å²) in [4.78, 5) is 17.5. The van der Waals surface area contributed by atoms with E-state index in [0.717, 1.165) is 39.7 Å². The highest BCUT2D eigenvalue weighted by molar-refractivity contribution is 6.00. The smallest absolute Gasteiger partial charge is 0.155 e. The number of aliphatic imine (C=N–C) groups is 1. The zero-order chi connectivity index (χ0) is 20.9. The van der Waals surface area contributed by atoms with Crippen LogP contribution in [0.1, 0.15) is 22.5 Å². The van der Waals surface area contributed by atoms with Crippen LogP contribution in [0.4, 0.5) is 5.82 Å². The standard InChI is InChI=1S/C22H22N8/c1-15-4-3-5-21(28-15)29-19(18-7-9-30-22(11-18)26-14-27-30)12-20(23)25-13-17-6-8-24-16(2)10-17/h3-12,14H,13H2,1-2H3,(H2,23,25)(H,28,29)/b19-12-. The van der Waals surface area contributed by atoms with Crippen molar-refractivity contribution in [2.75, 3.05) is 5.32 Å². The van der Waals surface area contributed by atoms with E-state index in [1.807, 2.05) is 62.5 Å². The quantitative estimate of drug-likeness (QED) is 0.382. The number of pyridine rings is 3. The van der Waals surface area contributed by atoms with Crippen molar-refractivity contribution in [1.82, 2.24) is 24.6 Å². The molecule has 0 bridgehead atoms. The zero-order valence-electron chi connectivity index (χ0n) is 16.8. The fourth-order valence-electron chi connectivity index (χ4n) is 3.00. The highest BCUT2D eigenvalue weighted by Crippen LogP contribution is 2.19. The van der Waals surface area contributed by atoms with Gasteiger partial charge in [-0.3, -0.25) is 9.98 Å². The molecule has 4 aromatic heterocycles. The Bertz CT molecular complexity index is 1240. The molecule has 30 heavy (non-hydrogen) atoms. The highest BCUT2D eigenvalue weighted by atomic mass is 15.3. The van der Waals surface area contributed by atoms with Gasteiger partial charge in [0.2, 0.25) is 0 Å². The third-order valence-electron chi connectivity index (χ3n) is 4.44. The van der Waals surface area contributed by atoms with E-state index in [-0.39, 0.29) is 0 Å². The Kier molecular flexibility index (Phi) is 5.47. The van der Waals surface area contributed by atoms with Gasteiger partial charge in [0.05, 0.1) is 12.2 Å². The van der Waals surface area contributed by atoms with E-state index >= 15 is 0 Å². The largest absolute Gasteiger partial charge is 0.384 e. The second kappa shape index (κ2) is 8.52. The number of fused-ring (bicyclic) bond motifs is 1. The highest BCUT2D eigenvalue weighted by Gasteiger charge is 2.07. The molecule has 0 unspecified atom stereocenters. The van der Waals surface area contributed by atoms with Gasteiger partial charge in [0.15, 0.2) is 5.65 Å². The van der Waals surface area contributed by atoms with E-state index in [0.29, 0.717) is 12.4 Å². The van der Waals surface area contributed by atoms with Crippen molar-refractivity contribution in [3.05, 3.63) is 89.8 Å². The van der Waals surface area contributed by atoms with Crippen LogP contribution in [0, 0.1) is 13.8 Å². The van der Waals surface area contributed by atoms with Crippen LogP contribution < -0.4 is 11.1 Å². The molecule has 0 saturated heterocycles. The molecule has 4 rings (SSSR count). The maximum Gasteiger partial charge on any atom is 0.155 e. The van der Waals surface area contributed by atoms with Gasteiger partial charge in [-0.2, -0.15) is 5.10 Å². The Labute approximate surface area is 174 Å². The van der Waals surface area contributed by atoms with E-state index < -0.39 is 0 Å². The third kappa shape index (κ3) is 4.67. The maximum absolute atomic E-state index is 6.24. The predicted molar refractivity (Wildman–Crippen MR) is 118 cm³/mol. The minimum Gasteiger partial charge on any atom is -0.384 e. The number of nitrogens with zero attached hydrogens (tertiary/aromatic N) is 6. The molecule has 0 saturated carbocycles. The summed E-state index contributed by atoms with van der Waals surface area (Å²) in [5.74, 6) is 1.13. The number of rotatable bonds is 6. The minimum absolute atomic E-state index is 0.404. The second-order valence-electron chi connectivity index (χ2n) is 6.87. The van der Waals surface area contributed by atoms with Gasteiger partial charge in [0.1, 0.15) is 18.0 Å². The lowest BCUT2D eigenvalue weighted by Crippen LogP contribution is -2.12. The van der Waals surface area contributed by atoms with Gasteiger partial charge in [-0.25, -0.2) is 14.5 Å². The molecule has 8 nitrogen and oxygen atoms in total. The van der Waals surface area contributed by atoms with Crippen LogP contribution in [0.5, 0.6) is 0 Å². The molecule has 0 aliphatic rings. The van der Waals surface area contributed by atoms with Crippen LogP contribution in [-0.2, 0) is 6.54 Å². The molecule has 8 heteroatoms. The maximum atomic E-state index is 6.24. The Hall–Kier alpha value is -4.07. The summed E-state index contributed by atoms with van der Waals surface area (Å²) in [6, 6.07) is 13.6. The fraction of sp³-hybridized carbons (Fsp3) is 0.136. The normalized spacial score (nSPS) is 12.3. The number of hydrogen-bond acceptors (Lipinski definition) is 6. The van der Waals surface area contributed by atoms with E-state index in [1.165, 1.54) is 6.33 Å². The van der Waals surface area contributed by atoms with Crippen LogP contribution >= 0.6 is 0 Å². The molecule has 0 aliphatic heterocycles. The molecule has 4 heterocycles. The Morgan fingerprint density at radius 3 is 2.87 bits per heavy atom. The first kappa shape index (κ1) is 19.3. The van der Waals surface area contributed by atoms with Gasteiger partial charge in [-0.05, 0) is 55.8 Å². The lowest BCUT2D eigenvalue weighted by Gasteiger charge is -2.12. The number of aromatic nitrogens is 5. The molecule has 4 aromatic rings. The summed E-state index contributed by atoms with van der Waals surface area (Å²) < 4.78 is 1.70. The van der Waals surface area contributed by atoms with Crippen molar-refractivity contribution in [3.63, 3.8) is 0 Å². The first-order chi connectivity index (χ1) is 14.6. The summed E-state index contributed by atoms with van der Waals surface area (Å²) in [6.45, 7) is 4.38. The van der Waals surface area contributed by atoms with E-state index in [9.17, 15) is 0 Å². The first-order valence-corrected chi connectivity index (χ1v) is 9.50. The molecule has 0 fully saturated rings. The SMILES string of the molecule is Cc1cc(CN=C(N)/C=C(\Nc2cccc(C)n2)c2ccn3ncnc3c2)ccn1. The Morgan fingerprint density at radius 2 is 2.03 bits per heavy atom. The van der Waals surface area contributed by atoms with E-state index in [1.54, 1.807) is 16.8 Å². The molecule has 150 valence electrons. The minimum atomic E-state index is 0.404. The zero-order valence-corrected chi connectivity index (χ0v) is 16.8. The molecule has 0 aromatic carbocycles. The Morgan fingerprint density at radius 1 is 1.13 bits per heavy atom. The molecule has 0 spiro atoms. The second-order valence-corrected chi connectivity index (χ2v) is 6.87. The predicted octanol–water partition coefficient (Wildman–Crippen LogP) is 3.15. The van der Waals surface area contributed by atoms with Crippen molar-refractivity contribution < 1.29 is 0 Å². The lowest BCUT2D eigenvalue weighted by molar-refractivity contribution is 0.960. The molecule has 0 aliphatic carbocycles. The van der Waals surface area contributed by atoms with E-state index in [2.05, 4.69) is 30.4 Å². The van der Waals surface area contributed by atoms with Gasteiger partial charge in [0.25, 0.3) is 0 Å². The van der Waals surface area contributed by atoms with Gasteiger partial charge >= 0.3 is 0 Å². The monoisotopic (exact) mass is 398 g/mol. The molecular formula is C22H22N8. The van der Waals surface area contributed by atoms with Gasteiger partial charge < -0.3 is 11.1 Å². The van der Waals surface area contributed by atoms with Crippen LogP contribution in [0.2, 0.25) is 0 Å². The summed E-state index contributed by atoms with van der Waals surface area (Å²) in [5, 5.41) is 7.50. The fourth-order valence-corrected chi connectivity index (χ4v) is 3.00. The summed E-state index contributed by atoms with van der Waals surface area (Å²) in [6.07, 6.45) is 6.95. The number of nitrogens with two attached hydrogens (primary N) is 1. The molecular weight excluding hydrogens is 376 g/mol.